The molecule has 1 aromatic carbocycles. The van der Waals surface area contributed by atoms with E-state index in [0.717, 1.165) is 23.8 Å². The summed E-state index contributed by atoms with van der Waals surface area (Å²) < 4.78 is 16.4. The van der Waals surface area contributed by atoms with Crippen molar-refractivity contribution in [3.63, 3.8) is 0 Å². The van der Waals surface area contributed by atoms with E-state index in [4.69, 9.17) is 13.9 Å². The third-order valence-electron chi connectivity index (χ3n) is 3.41. The highest BCUT2D eigenvalue weighted by molar-refractivity contribution is 5.33. The molecule has 0 aliphatic heterocycles. The minimum Gasteiger partial charge on any atom is -0.497 e. The van der Waals surface area contributed by atoms with E-state index >= 15 is 0 Å². The number of furan rings is 1. The molecule has 3 rings (SSSR count). The lowest BCUT2D eigenvalue weighted by Crippen LogP contribution is -2.16. The van der Waals surface area contributed by atoms with Crippen LogP contribution in [0.2, 0.25) is 0 Å². The molecule has 4 heteroatoms. The molecular weight excluding hydrogens is 254 g/mol. The molecule has 0 unspecified atom stereocenters. The number of rotatable bonds is 7. The molecule has 106 valence electrons. The first-order valence-electron chi connectivity index (χ1n) is 6.90. The van der Waals surface area contributed by atoms with Gasteiger partial charge in [0.25, 0.3) is 0 Å². The highest BCUT2D eigenvalue weighted by atomic mass is 16.5. The Morgan fingerprint density at radius 1 is 1.25 bits per heavy atom. The molecule has 1 aliphatic rings. The standard InChI is InChI=1S/C16H19NO3/c1-18-14-3-2-4-15(9-14)20-11-16-12(7-8-19-16)10-17-13-5-6-13/h2-4,7-9,13,17H,5-6,10-11H2,1H3. The number of hydrogen-bond acceptors (Lipinski definition) is 4. The summed E-state index contributed by atoms with van der Waals surface area (Å²) in [7, 11) is 1.65. The van der Waals surface area contributed by atoms with Crippen LogP contribution in [0.15, 0.2) is 41.0 Å². The van der Waals surface area contributed by atoms with Crippen LogP contribution >= 0.6 is 0 Å². The molecule has 0 spiro atoms. The van der Waals surface area contributed by atoms with E-state index in [1.54, 1.807) is 13.4 Å². The van der Waals surface area contributed by atoms with Gasteiger partial charge in [-0.3, -0.25) is 0 Å². The predicted octanol–water partition coefficient (Wildman–Crippen LogP) is 3.12. The van der Waals surface area contributed by atoms with Gasteiger partial charge in [0.2, 0.25) is 0 Å². The summed E-state index contributed by atoms with van der Waals surface area (Å²) in [5.41, 5.74) is 1.17. The second-order valence-electron chi connectivity index (χ2n) is 4.99. The van der Waals surface area contributed by atoms with Gasteiger partial charge in [0, 0.05) is 24.2 Å². The van der Waals surface area contributed by atoms with E-state index in [0.29, 0.717) is 12.6 Å². The van der Waals surface area contributed by atoms with Crippen LogP contribution in [-0.2, 0) is 13.2 Å². The van der Waals surface area contributed by atoms with E-state index in [1.807, 2.05) is 30.3 Å². The second kappa shape index (κ2) is 6.01. The fraction of sp³-hybridized carbons (Fsp3) is 0.375. The lowest BCUT2D eigenvalue weighted by Gasteiger charge is -2.08. The summed E-state index contributed by atoms with van der Waals surface area (Å²) >= 11 is 0. The predicted molar refractivity (Wildman–Crippen MR) is 75.9 cm³/mol. The SMILES string of the molecule is COc1cccc(OCc2occc2CNC2CC2)c1. The molecule has 0 saturated heterocycles. The molecule has 2 aromatic rings. The van der Waals surface area contributed by atoms with Gasteiger partial charge in [0.15, 0.2) is 0 Å². The molecule has 4 nitrogen and oxygen atoms in total. The largest absolute Gasteiger partial charge is 0.497 e. The zero-order chi connectivity index (χ0) is 13.8. The van der Waals surface area contributed by atoms with Crippen LogP contribution in [0.1, 0.15) is 24.2 Å². The average Bonchev–Trinajstić information content (AvgIpc) is 3.21. The fourth-order valence-electron chi connectivity index (χ4n) is 2.03. The number of nitrogens with one attached hydrogen (secondary N) is 1. The summed E-state index contributed by atoms with van der Waals surface area (Å²) in [6, 6.07) is 10.3. The van der Waals surface area contributed by atoms with Crippen molar-refractivity contribution in [3.8, 4) is 11.5 Å². The minimum absolute atomic E-state index is 0.432. The number of methoxy groups -OCH3 is 1. The topological polar surface area (TPSA) is 43.6 Å². The van der Waals surface area contributed by atoms with Crippen LogP contribution in [0, 0.1) is 0 Å². The van der Waals surface area contributed by atoms with E-state index in [-0.39, 0.29) is 0 Å². The van der Waals surface area contributed by atoms with E-state index in [9.17, 15) is 0 Å². The zero-order valence-electron chi connectivity index (χ0n) is 11.6. The molecule has 0 radical (unpaired) electrons. The molecular formula is C16H19NO3. The first-order chi connectivity index (χ1) is 9.85. The first-order valence-corrected chi connectivity index (χ1v) is 6.90. The molecule has 20 heavy (non-hydrogen) atoms. The highest BCUT2D eigenvalue weighted by Crippen LogP contribution is 2.22. The molecule has 0 bridgehead atoms. The van der Waals surface area contributed by atoms with Crippen molar-refractivity contribution in [2.24, 2.45) is 0 Å². The lowest BCUT2D eigenvalue weighted by atomic mass is 10.2. The first kappa shape index (κ1) is 13.1. The van der Waals surface area contributed by atoms with E-state index in [2.05, 4.69) is 5.32 Å². The molecule has 1 heterocycles. The van der Waals surface area contributed by atoms with Crippen molar-refractivity contribution in [2.45, 2.75) is 32.0 Å². The summed E-state index contributed by atoms with van der Waals surface area (Å²) in [5.74, 6) is 2.44. The Morgan fingerprint density at radius 3 is 2.90 bits per heavy atom. The monoisotopic (exact) mass is 273 g/mol. The molecule has 0 amide bonds. The van der Waals surface area contributed by atoms with Crippen molar-refractivity contribution in [1.29, 1.82) is 0 Å². The molecule has 1 saturated carbocycles. The van der Waals surface area contributed by atoms with Crippen molar-refractivity contribution in [2.75, 3.05) is 7.11 Å². The van der Waals surface area contributed by atoms with E-state index in [1.165, 1.54) is 18.4 Å². The van der Waals surface area contributed by atoms with Crippen LogP contribution < -0.4 is 14.8 Å². The van der Waals surface area contributed by atoms with E-state index < -0.39 is 0 Å². The van der Waals surface area contributed by atoms with Crippen molar-refractivity contribution in [3.05, 3.63) is 47.9 Å². The minimum atomic E-state index is 0.432. The Labute approximate surface area is 118 Å². The second-order valence-corrected chi connectivity index (χ2v) is 4.99. The van der Waals surface area contributed by atoms with Crippen LogP contribution in [0.25, 0.3) is 0 Å². The molecule has 1 aliphatic carbocycles. The van der Waals surface area contributed by atoms with Gasteiger partial charge in [0.05, 0.1) is 13.4 Å². The zero-order valence-corrected chi connectivity index (χ0v) is 11.6. The van der Waals surface area contributed by atoms with Gasteiger partial charge in [0.1, 0.15) is 23.9 Å². The quantitative estimate of drug-likeness (QED) is 0.841. The van der Waals surface area contributed by atoms with Gasteiger partial charge in [-0.15, -0.1) is 0 Å². The summed E-state index contributed by atoms with van der Waals surface area (Å²) in [5, 5.41) is 3.48. The summed E-state index contributed by atoms with van der Waals surface area (Å²) in [6.07, 6.45) is 4.29. The van der Waals surface area contributed by atoms with Gasteiger partial charge in [-0.05, 0) is 31.0 Å². The molecule has 1 fully saturated rings. The normalized spacial score (nSPS) is 14.2. The summed E-state index contributed by atoms with van der Waals surface area (Å²) in [4.78, 5) is 0. The maximum atomic E-state index is 5.75. The number of benzene rings is 1. The molecule has 1 N–H and O–H groups in total. The number of hydrogen-bond donors (Lipinski definition) is 1. The Hall–Kier alpha value is -1.94. The Balaban J connectivity index is 1.58. The van der Waals surface area contributed by atoms with Crippen molar-refractivity contribution < 1.29 is 13.9 Å². The molecule has 0 atom stereocenters. The average molecular weight is 273 g/mol. The van der Waals surface area contributed by atoms with Crippen molar-refractivity contribution >= 4 is 0 Å². The van der Waals surface area contributed by atoms with Crippen LogP contribution in [0.4, 0.5) is 0 Å². The van der Waals surface area contributed by atoms with Gasteiger partial charge < -0.3 is 19.2 Å². The smallest absolute Gasteiger partial charge is 0.146 e. The maximum absolute atomic E-state index is 5.75. The van der Waals surface area contributed by atoms with Crippen LogP contribution in [0.3, 0.4) is 0 Å². The summed E-state index contributed by atoms with van der Waals surface area (Å²) in [6.45, 7) is 1.28. The number of ether oxygens (including phenoxy) is 2. The maximum Gasteiger partial charge on any atom is 0.146 e. The third-order valence-corrected chi connectivity index (χ3v) is 3.41. The van der Waals surface area contributed by atoms with Crippen LogP contribution in [-0.4, -0.2) is 13.2 Å². The van der Waals surface area contributed by atoms with Gasteiger partial charge in [-0.25, -0.2) is 0 Å². The lowest BCUT2D eigenvalue weighted by molar-refractivity contribution is 0.266. The van der Waals surface area contributed by atoms with Gasteiger partial charge >= 0.3 is 0 Å². The Kier molecular flexibility index (Phi) is 3.92. The third kappa shape index (κ3) is 3.33. The Bertz CT molecular complexity index is 560. The highest BCUT2D eigenvalue weighted by Gasteiger charge is 2.21. The molecule has 1 aromatic heterocycles. The van der Waals surface area contributed by atoms with Crippen LogP contribution in [0.5, 0.6) is 11.5 Å². The van der Waals surface area contributed by atoms with Gasteiger partial charge in [-0.1, -0.05) is 6.07 Å². The van der Waals surface area contributed by atoms with Gasteiger partial charge in [-0.2, -0.15) is 0 Å². The fourth-order valence-corrected chi connectivity index (χ4v) is 2.03. The van der Waals surface area contributed by atoms with Crippen molar-refractivity contribution in [1.82, 2.24) is 5.32 Å². The Morgan fingerprint density at radius 2 is 2.10 bits per heavy atom.